The third kappa shape index (κ3) is 5.71. The summed E-state index contributed by atoms with van der Waals surface area (Å²) < 4.78 is 0. The van der Waals surface area contributed by atoms with Crippen molar-refractivity contribution in [1.29, 1.82) is 0 Å². The second-order valence-electron chi connectivity index (χ2n) is 9.19. The predicted octanol–water partition coefficient (Wildman–Crippen LogP) is 6.01. The Morgan fingerprint density at radius 2 is 1.48 bits per heavy atom. The summed E-state index contributed by atoms with van der Waals surface area (Å²) in [5.74, 6) is 0. The van der Waals surface area contributed by atoms with E-state index in [0.29, 0.717) is 6.04 Å². The molecule has 0 N–H and O–H groups in total. The molecular weight excluding hydrogens is 352 g/mol. The van der Waals surface area contributed by atoms with Crippen LogP contribution in [0, 0.1) is 6.92 Å². The lowest BCUT2D eigenvalue weighted by molar-refractivity contribution is 0.0595. The molecule has 156 valence electrons. The minimum Gasteiger partial charge on any atom is -0.298 e. The maximum Gasteiger partial charge on any atom is 0.0389 e. The van der Waals surface area contributed by atoms with Gasteiger partial charge < -0.3 is 0 Å². The summed E-state index contributed by atoms with van der Waals surface area (Å²) in [7, 11) is 0. The van der Waals surface area contributed by atoms with Gasteiger partial charge >= 0.3 is 0 Å². The van der Waals surface area contributed by atoms with Crippen LogP contribution in [0.25, 0.3) is 0 Å². The van der Waals surface area contributed by atoms with Crippen molar-refractivity contribution >= 4 is 0 Å². The second-order valence-corrected chi connectivity index (χ2v) is 9.19. The Hall–Kier alpha value is -1.64. The Bertz CT molecular complexity index is 725. The van der Waals surface area contributed by atoms with Crippen LogP contribution in [0.15, 0.2) is 54.6 Å². The summed E-state index contributed by atoms with van der Waals surface area (Å²) in [6, 6.07) is 21.6. The van der Waals surface area contributed by atoms with Crippen LogP contribution in [0.5, 0.6) is 0 Å². The zero-order chi connectivity index (χ0) is 19.9. The molecular formula is C27H38N2. The Morgan fingerprint density at radius 3 is 2.17 bits per heavy atom. The quantitative estimate of drug-likeness (QED) is 0.617. The average Bonchev–Trinajstić information content (AvgIpc) is 2.73. The van der Waals surface area contributed by atoms with Gasteiger partial charge in [0.15, 0.2) is 0 Å². The predicted molar refractivity (Wildman–Crippen MR) is 123 cm³/mol. The summed E-state index contributed by atoms with van der Waals surface area (Å²) in [5.41, 5.74) is 4.29. The largest absolute Gasteiger partial charge is 0.298 e. The van der Waals surface area contributed by atoms with Crippen molar-refractivity contribution in [3.63, 3.8) is 0 Å². The van der Waals surface area contributed by atoms with Gasteiger partial charge in [0.25, 0.3) is 0 Å². The molecule has 29 heavy (non-hydrogen) atoms. The standard InChI is InChI=1S/C27H38N2/c1-23-11-10-12-24(21-23)22-27(25-13-6-5-7-14-25)29-19-17-28(18-20-29)26-15-8-3-2-4-9-16-26/h5-7,10-14,21,26-27H,2-4,8-9,15-20,22H2,1H3. The average molecular weight is 391 g/mol. The smallest absolute Gasteiger partial charge is 0.0389 e. The highest BCUT2D eigenvalue weighted by atomic mass is 15.3. The zero-order valence-corrected chi connectivity index (χ0v) is 18.2. The van der Waals surface area contributed by atoms with Gasteiger partial charge in [-0.15, -0.1) is 0 Å². The van der Waals surface area contributed by atoms with Gasteiger partial charge in [-0.1, -0.05) is 92.3 Å². The molecule has 0 aromatic heterocycles. The first-order valence-electron chi connectivity index (χ1n) is 11.9. The van der Waals surface area contributed by atoms with E-state index in [1.165, 1.54) is 87.8 Å². The van der Waals surface area contributed by atoms with Gasteiger partial charge in [-0.3, -0.25) is 9.80 Å². The zero-order valence-electron chi connectivity index (χ0n) is 18.2. The lowest BCUT2D eigenvalue weighted by atomic mass is 9.94. The van der Waals surface area contributed by atoms with Gasteiger partial charge in [0, 0.05) is 38.3 Å². The molecule has 4 rings (SSSR count). The highest BCUT2D eigenvalue weighted by Crippen LogP contribution is 2.28. The maximum absolute atomic E-state index is 2.82. The van der Waals surface area contributed by atoms with E-state index in [-0.39, 0.29) is 0 Å². The fourth-order valence-electron chi connectivity index (χ4n) is 5.41. The van der Waals surface area contributed by atoms with Crippen LogP contribution in [0.1, 0.15) is 67.7 Å². The minimum atomic E-state index is 0.484. The number of nitrogens with zero attached hydrogens (tertiary/aromatic N) is 2. The molecule has 2 heteroatoms. The Kier molecular flexibility index (Phi) is 7.40. The fraction of sp³-hybridized carbons (Fsp3) is 0.556. The Morgan fingerprint density at radius 1 is 0.793 bits per heavy atom. The maximum atomic E-state index is 2.82. The van der Waals surface area contributed by atoms with Gasteiger partial charge in [0.1, 0.15) is 0 Å². The molecule has 1 aliphatic carbocycles. The van der Waals surface area contributed by atoms with Gasteiger partial charge in [-0.25, -0.2) is 0 Å². The van der Waals surface area contributed by atoms with Crippen LogP contribution >= 0.6 is 0 Å². The van der Waals surface area contributed by atoms with Crippen LogP contribution < -0.4 is 0 Å². The van der Waals surface area contributed by atoms with Crippen LogP contribution in [-0.2, 0) is 6.42 Å². The molecule has 1 saturated carbocycles. The molecule has 1 aliphatic heterocycles. The summed E-state index contributed by atoms with van der Waals surface area (Å²) in [4.78, 5) is 5.56. The highest BCUT2D eigenvalue weighted by molar-refractivity contribution is 5.27. The van der Waals surface area contributed by atoms with Gasteiger partial charge in [-0.05, 0) is 37.3 Å². The Balaban J connectivity index is 1.43. The molecule has 2 fully saturated rings. The highest BCUT2D eigenvalue weighted by Gasteiger charge is 2.28. The van der Waals surface area contributed by atoms with E-state index >= 15 is 0 Å². The molecule has 0 radical (unpaired) electrons. The van der Waals surface area contributed by atoms with Crippen molar-refractivity contribution in [3.05, 3.63) is 71.3 Å². The van der Waals surface area contributed by atoms with Crippen molar-refractivity contribution in [2.45, 2.75) is 70.4 Å². The summed E-state index contributed by atoms with van der Waals surface area (Å²) in [6.45, 7) is 7.07. The van der Waals surface area contributed by atoms with E-state index in [2.05, 4.69) is 71.3 Å². The third-order valence-electron chi connectivity index (χ3n) is 7.08. The molecule has 2 aliphatic rings. The molecule has 2 aromatic carbocycles. The van der Waals surface area contributed by atoms with Crippen molar-refractivity contribution in [2.24, 2.45) is 0 Å². The normalized spacial score (nSPS) is 21.4. The monoisotopic (exact) mass is 390 g/mol. The first kappa shape index (κ1) is 20.6. The lowest BCUT2D eigenvalue weighted by Gasteiger charge is -2.43. The SMILES string of the molecule is Cc1cccc(CC(c2ccccc2)N2CCN(C3CCCCCCC3)CC2)c1. The van der Waals surface area contributed by atoms with E-state index in [1.54, 1.807) is 0 Å². The van der Waals surface area contributed by atoms with Crippen LogP contribution in [0.3, 0.4) is 0 Å². The Labute approximate surface area is 177 Å². The van der Waals surface area contributed by atoms with Gasteiger partial charge in [-0.2, -0.15) is 0 Å². The summed E-state index contributed by atoms with van der Waals surface area (Å²) in [5, 5.41) is 0. The first-order valence-corrected chi connectivity index (χ1v) is 11.9. The van der Waals surface area contributed by atoms with Crippen molar-refractivity contribution in [2.75, 3.05) is 26.2 Å². The molecule has 2 aromatic rings. The number of benzene rings is 2. The second kappa shape index (κ2) is 10.4. The van der Waals surface area contributed by atoms with E-state index in [9.17, 15) is 0 Å². The molecule has 1 saturated heterocycles. The molecule has 0 amide bonds. The van der Waals surface area contributed by atoms with Crippen LogP contribution in [0.4, 0.5) is 0 Å². The number of rotatable bonds is 5. The van der Waals surface area contributed by atoms with E-state index in [1.807, 2.05) is 0 Å². The number of hydrogen-bond donors (Lipinski definition) is 0. The number of piperazine rings is 1. The van der Waals surface area contributed by atoms with E-state index < -0.39 is 0 Å². The summed E-state index contributed by atoms with van der Waals surface area (Å²) >= 11 is 0. The summed E-state index contributed by atoms with van der Waals surface area (Å²) in [6.07, 6.45) is 11.2. The molecule has 2 nitrogen and oxygen atoms in total. The van der Waals surface area contributed by atoms with Gasteiger partial charge in [0.05, 0.1) is 0 Å². The van der Waals surface area contributed by atoms with Gasteiger partial charge in [0.2, 0.25) is 0 Å². The molecule has 0 bridgehead atoms. The molecule has 1 heterocycles. The molecule has 1 unspecified atom stereocenters. The number of aryl methyl sites for hydroxylation is 1. The molecule has 1 atom stereocenters. The van der Waals surface area contributed by atoms with E-state index in [0.717, 1.165) is 12.5 Å². The van der Waals surface area contributed by atoms with Crippen molar-refractivity contribution in [1.82, 2.24) is 9.80 Å². The number of hydrogen-bond acceptors (Lipinski definition) is 2. The van der Waals surface area contributed by atoms with Crippen molar-refractivity contribution in [3.8, 4) is 0 Å². The fourth-order valence-corrected chi connectivity index (χ4v) is 5.41. The first-order chi connectivity index (χ1) is 14.3. The van der Waals surface area contributed by atoms with Crippen LogP contribution in [0.2, 0.25) is 0 Å². The molecule has 0 spiro atoms. The minimum absolute atomic E-state index is 0.484. The van der Waals surface area contributed by atoms with E-state index in [4.69, 9.17) is 0 Å². The topological polar surface area (TPSA) is 6.48 Å². The third-order valence-corrected chi connectivity index (χ3v) is 7.08. The van der Waals surface area contributed by atoms with Crippen LogP contribution in [-0.4, -0.2) is 42.0 Å². The lowest BCUT2D eigenvalue weighted by Crippen LogP contribution is -2.51. The van der Waals surface area contributed by atoms with Crippen molar-refractivity contribution < 1.29 is 0 Å².